The van der Waals surface area contributed by atoms with Gasteiger partial charge in [0.1, 0.15) is 5.02 Å². The highest BCUT2D eigenvalue weighted by Gasteiger charge is 2.22. The molecule has 1 atom stereocenters. The molecule has 0 aliphatic rings. The number of nitrogens with zero attached hydrogens (tertiary/aromatic N) is 1. The van der Waals surface area contributed by atoms with Crippen LogP contribution in [0.3, 0.4) is 0 Å². The summed E-state index contributed by atoms with van der Waals surface area (Å²) in [7, 11) is 0. The average molecular weight is 431 g/mol. The topological polar surface area (TPSA) is 94.3 Å². The molecule has 0 bridgehead atoms. The number of nitrogens with one attached hydrogen (secondary N) is 1. The van der Waals surface area contributed by atoms with Gasteiger partial charge >= 0.3 is 5.97 Å². The Labute approximate surface area is 171 Å². The minimum absolute atomic E-state index is 0.0572. The van der Waals surface area contributed by atoms with Crippen LogP contribution < -0.4 is 11.1 Å². The fraction of sp³-hybridized carbons (Fsp3) is 0.278. The molecular weight excluding hydrogens is 413 g/mol. The molecule has 0 saturated carbocycles. The lowest BCUT2D eigenvalue weighted by atomic mass is 10.0. The maximum Gasteiger partial charge on any atom is 0.359 e. The van der Waals surface area contributed by atoms with Gasteiger partial charge in [-0.25, -0.2) is 9.78 Å². The van der Waals surface area contributed by atoms with E-state index in [-0.39, 0.29) is 32.6 Å². The van der Waals surface area contributed by atoms with Crippen molar-refractivity contribution in [2.24, 2.45) is 0 Å². The van der Waals surface area contributed by atoms with E-state index in [2.05, 4.69) is 10.3 Å². The van der Waals surface area contributed by atoms with Crippen LogP contribution in [0.1, 0.15) is 40.1 Å². The molecule has 1 aromatic heterocycles. The number of carbonyl (C=O) groups is 2. The lowest BCUT2D eigenvalue weighted by Crippen LogP contribution is -2.31. The van der Waals surface area contributed by atoms with Crippen LogP contribution >= 0.6 is 34.8 Å². The van der Waals surface area contributed by atoms with Gasteiger partial charge in [-0.3, -0.25) is 4.79 Å². The highest BCUT2D eigenvalue weighted by Crippen LogP contribution is 2.34. The van der Waals surface area contributed by atoms with E-state index in [0.29, 0.717) is 0 Å². The summed E-state index contributed by atoms with van der Waals surface area (Å²) in [6, 6.07) is 5.66. The molecule has 2 aromatic rings. The molecule has 27 heavy (non-hydrogen) atoms. The second-order valence-corrected chi connectivity index (χ2v) is 7.12. The summed E-state index contributed by atoms with van der Waals surface area (Å²) in [4.78, 5) is 27.9. The number of nitrogens with two attached hydrogens (primary N) is 1. The number of carbonyl (C=O) groups excluding carboxylic acids is 2. The van der Waals surface area contributed by atoms with Gasteiger partial charge in [0.2, 0.25) is 0 Å². The fourth-order valence-electron chi connectivity index (χ4n) is 2.27. The fourth-order valence-corrected chi connectivity index (χ4v) is 2.85. The number of hydrogen-bond acceptors (Lipinski definition) is 5. The number of pyridine rings is 1. The Balaban J connectivity index is 1.99. The van der Waals surface area contributed by atoms with Gasteiger partial charge in [-0.05, 0) is 37.5 Å². The number of anilines is 1. The van der Waals surface area contributed by atoms with Crippen molar-refractivity contribution in [3.63, 3.8) is 0 Å². The third-order valence-corrected chi connectivity index (χ3v) is 5.14. The van der Waals surface area contributed by atoms with E-state index in [9.17, 15) is 9.59 Å². The number of esters is 1. The van der Waals surface area contributed by atoms with Crippen LogP contribution in [0.2, 0.25) is 15.2 Å². The number of amides is 1. The van der Waals surface area contributed by atoms with Crippen LogP contribution in [0.5, 0.6) is 0 Å². The largest absolute Gasteiger partial charge is 0.451 e. The molecule has 144 valence electrons. The number of aromatic nitrogens is 1. The van der Waals surface area contributed by atoms with Crippen LogP contribution in [0.25, 0.3) is 0 Å². The number of rotatable bonds is 5. The number of halogens is 3. The van der Waals surface area contributed by atoms with Gasteiger partial charge in [0.25, 0.3) is 5.91 Å². The molecule has 0 saturated heterocycles. The Hall–Kier alpha value is -2.02. The first kappa shape index (κ1) is 21.3. The van der Waals surface area contributed by atoms with Crippen LogP contribution in [0.4, 0.5) is 5.69 Å². The van der Waals surface area contributed by atoms with E-state index >= 15 is 0 Å². The van der Waals surface area contributed by atoms with Crippen molar-refractivity contribution in [3.8, 4) is 0 Å². The molecule has 1 amide bonds. The number of nitrogen functional groups attached to an aromatic ring is 1. The molecule has 1 aromatic carbocycles. The summed E-state index contributed by atoms with van der Waals surface area (Å²) in [5.41, 5.74) is 8.49. The lowest BCUT2D eigenvalue weighted by molar-refractivity contribution is -0.124. The number of aryl methyl sites for hydroxylation is 2. The smallest absolute Gasteiger partial charge is 0.359 e. The van der Waals surface area contributed by atoms with E-state index in [4.69, 9.17) is 45.3 Å². The van der Waals surface area contributed by atoms with Crippen molar-refractivity contribution in [3.05, 3.63) is 55.8 Å². The van der Waals surface area contributed by atoms with Crippen molar-refractivity contribution in [1.29, 1.82) is 0 Å². The van der Waals surface area contributed by atoms with Gasteiger partial charge < -0.3 is 15.8 Å². The van der Waals surface area contributed by atoms with E-state index in [1.54, 1.807) is 0 Å². The Kier molecular flexibility index (Phi) is 6.92. The molecule has 0 unspecified atom stereocenters. The molecule has 6 nitrogen and oxygen atoms in total. The third kappa shape index (κ3) is 5.03. The Morgan fingerprint density at radius 2 is 1.85 bits per heavy atom. The molecule has 0 spiro atoms. The first-order chi connectivity index (χ1) is 12.6. The van der Waals surface area contributed by atoms with Gasteiger partial charge in [0.15, 0.2) is 17.5 Å². The summed E-state index contributed by atoms with van der Waals surface area (Å²) in [5, 5.41) is 2.33. The van der Waals surface area contributed by atoms with Crippen molar-refractivity contribution in [2.45, 2.75) is 26.8 Å². The highest BCUT2D eigenvalue weighted by molar-refractivity contribution is 6.46. The minimum atomic E-state index is -0.931. The molecule has 9 heteroatoms. The quantitative estimate of drug-likeness (QED) is 0.545. The number of ether oxygens (including phenoxy) is 1. The van der Waals surface area contributed by atoms with Gasteiger partial charge in [0, 0.05) is 0 Å². The Bertz CT molecular complexity index is 903. The van der Waals surface area contributed by atoms with Crippen molar-refractivity contribution >= 4 is 52.4 Å². The normalized spacial score (nSPS) is 11.8. The van der Waals surface area contributed by atoms with Gasteiger partial charge in [-0.15, -0.1) is 0 Å². The molecule has 0 aliphatic carbocycles. The second-order valence-electron chi connectivity index (χ2n) is 6.00. The van der Waals surface area contributed by atoms with Crippen molar-refractivity contribution in [2.75, 3.05) is 12.3 Å². The summed E-state index contributed by atoms with van der Waals surface area (Å²) < 4.78 is 4.94. The monoisotopic (exact) mass is 429 g/mol. The predicted molar refractivity (Wildman–Crippen MR) is 106 cm³/mol. The zero-order chi connectivity index (χ0) is 20.3. The molecule has 1 heterocycles. The van der Waals surface area contributed by atoms with Gasteiger partial charge in [-0.2, -0.15) is 0 Å². The maximum absolute atomic E-state index is 12.1. The van der Waals surface area contributed by atoms with Gasteiger partial charge in [-0.1, -0.05) is 53.0 Å². The average Bonchev–Trinajstić information content (AvgIpc) is 2.63. The molecule has 0 fully saturated rings. The predicted octanol–water partition coefficient (Wildman–Crippen LogP) is 4.28. The summed E-state index contributed by atoms with van der Waals surface area (Å²) >= 11 is 17.5. The van der Waals surface area contributed by atoms with Gasteiger partial charge in [0.05, 0.1) is 16.8 Å². The van der Waals surface area contributed by atoms with Crippen LogP contribution in [0.15, 0.2) is 18.2 Å². The molecular formula is C18H18Cl3N3O3. The first-order valence-corrected chi connectivity index (χ1v) is 9.08. The summed E-state index contributed by atoms with van der Waals surface area (Å²) in [6.07, 6.45) is 0. The minimum Gasteiger partial charge on any atom is -0.451 e. The SMILES string of the molecule is Cc1ccc([C@@H](C)NC(=O)COC(=O)c2nc(Cl)c(Cl)c(N)c2Cl)cc1C. The zero-order valence-electron chi connectivity index (χ0n) is 14.9. The standard InChI is InChI=1S/C18H18Cl3N3O3/c1-8-4-5-11(6-9(8)2)10(3)23-12(25)7-27-18(26)16-13(19)15(22)14(20)17(21)24-16/h4-6,10H,7H2,1-3H3,(H2,22,24)(H,23,25)/t10-/m1/s1. The summed E-state index contributed by atoms with van der Waals surface area (Å²) in [5.74, 6) is -1.41. The molecule has 0 radical (unpaired) electrons. The Morgan fingerprint density at radius 3 is 2.48 bits per heavy atom. The number of hydrogen-bond donors (Lipinski definition) is 2. The van der Waals surface area contributed by atoms with E-state index in [1.165, 1.54) is 0 Å². The van der Waals surface area contributed by atoms with E-state index in [0.717, 1.165) is 16.7 Å². The molecule has 0 aliphatic heterocycles. The third-order valence-electron chi connectivity index (χ3n) is 4.01. The highest BCUT2D eigenvalue weighted by atomic mass is 35.5. The molecule has 3 N–H and O–H groups in total. The maximum atomic E-state index is 12.1. The lowest BCUT2D eigenvalue weighted by Gasteiger charge is -2.16. The van der Waals surface area contributed by atoms with Crippen molar-refractivity contribution < 1.29 is 14.3 Å². The summed E-state index contributed by atoms with van der Waals surface area (Å²) in [6.45, 7) is 5.33. The van der Waals surface area contributed by atoms with Crippen molar-refractivity contribution in [1.82, 2.24) is 10.3 Å². The molecule has 2 rings (SSSR count). The Morgan fingerprint density at radius 1 is 1.19 bits per heavy atom. The second kappa shape index (κ2) is 8.78. The van der Waals surface area contributed by atoms with E-state index in [1.807, 2.05) is 39.0 Å². The zero-order valence-corrected chi connectivity index (χ0v) is 17.2. The van der Waals surface area contributed by atoms with Crippen LogP contribution in [0, 0.1) is 13.8 Å². The number of benzene rings is 1. The van der Waals surface area contributed by atoms with Crippen LogP contribution in [-0.2, 0) is 9.53 Å². The van der Waals surface area contributed by atoms with Crippen LogP contribution in [-0.4, -0.2) is 23.5 Å². The van der Waals surface area contributed by atoms with E-state index < -0.39 is 18.5 Å². The first-order valence-electron chi connectivity index (χ1n) is 7.95.